The third kappa shape index (κ3) is 3.76. The molecule has 1 aliphatic rings. The molecular weight excluding hydrogens is 392 g/mol. The smallest absolute Gasteiger partial charge is 0.270 e. The first kappa shape index (κ1) is 18.2. The lowest BCUT2D eigenvalue weighted by molar-refractivity contribution is -0.122. The van der Waals surface area contributed by atoms with Crippen molar-refractivity contribution >= 4 is 52.7 Å². The number of carbonyl (C=O) groups excluding carboxylic acids is 2. The zero-order chi connectivity index (χ0) is 19.5. The highest BCUT2D eigenvalue weighted by Crippen LogP contribution is 2.30. The van der Waals surface area contributed by atoms with Crippen molar-refractivity contribution < 1.29 is 14.0 Å². The van der Waals surface area contributed by atoms with Crippen molar-refractivity contribution in [2.24, 2.45) is 0 Å². The molecule has 1 aliphatic heterocycles. The molecule has 0 bridgehead atoms. The zero-order valence-electron chi connectivity index (χ0n) is 14.5. The summed E-state index contributed by atoms with van der Waals surface area (Å²) in [6.45, 7) is 0. The van der Waals surface area contributed by atoms with Gasteiger partial charge in [-0.05, 0) is 54.7 Å². The molecule has 0 saturated carbocycles. The Labute approximate surface area is 171 Å². The Bertz CT molecular complexity index is 1080. The van der Waals surface area contributed by atoms with Gasteiger partial charge < -0.3 is 4.42 Å². The number of carbonyl (C=O) groups is 2. The summed E-state index contributed by atoms with van der Waals surface area (Å²) < 4.78 is 5.76. The van der Waals surface area contributed by atoms with E-state index in [9.17, 15) is 9.59 Å². The molecule has 1 N–H and O–H groups in total. The summed E-state index contributed by atoms with van der Waals surface area (Å²) in [6.07, 6.45) is 1.43. The van der Waals surface area contributed by atoms with Gasteiger partial charge >= 0.3 is 0 Å². The Morgan fingerprint density at radius 1 is 0.929 bits per heavy atom. The van der Waals surface area contributed by atoms with E-state index in [-0.39, 0.29) is 10.7 Å². The van der Waals surface area contributed by atoms with E-state index in [0.29, 0.717) is 16.5 Å². The van der Waals surface area contributed by atoms with E-state index in [1.54, 1.807) is 36.4 Å². The molecule has 1 fully saturated rings. The summed E-state index contributed by atoms with van der Waals surface area (Å²) in [6, 6.07) is 22.2. The van der Waals surface area contributed by atoms with Crippen molar-refractivity contribution in [1.82, 2.24) is 5.32 Å². The minimum absolute atomic E-state index is 0.0388. The highest BCUT2D eigenvalue weighted by atomic mass is 32.2. The molecular formula is C21H14N2O3S2. The van der Waals surface area contributed by atoms with Gasteiger partial charge in [-0.15, -0.1) is 0 Å². The van der Waals surface area contributed by atoms with Crippen molar-refractivity contribution in [2.75, 3.05) is 4.90 Å². The molecule has 5 nitrogen and oxygen atoms in total. The second-order valence-electron chi connectivity index (χ2n) is 5.87. The van der Waals surface area contributed by atoms with Crippen molar-refractivity contribution in [3.05, 3.63) is 84.1 Å². The van der Waals surface area contributed by atoms with Crippen LogP contribution in [0.25, 0.3) is 6.08 Å². The molecule has 2 aromatic carbocycles. The lowest BCUT2D eigenvalue weighted by Crippen LogP contribution is -2.54. The van der Waals surface area contributed by atoms with E-state index in [4.69, 9.17) is 16.6 Å². The Morgan fingerprint density at radius 3 is 2.32 bits per heavy atom. The molecule has 7 heteroatoms. The minimum Gasteiger partial charge on any atom is -0.450 e. The molecule has 0 atom stereocenters. The number of anilines is 1. The summed E-state index contributed by atoms with van der Waals surface area (Å²) in [5, 5.41) is 3.28. The fraction of sp³-hybridized carbons (Fsp3) is 0. The maximum absolute atomic E-state index is 12.9. The molecule has 28 heavy (non-hydrogen) atoms. The SMILES string of the molecule is O=C1NC(=S)N(c2ccccc2)C(=O)/C1=C/c1ccc(Sc2ccccc2)o1. The molecule has 138 valence electrons. The summed E-state index contributed by atoms with van der Waals surface area (Å²) in [7, 11) is 0. The third-order valence-corrected chi connectivity index (χ3v) is 5.18. The fourth-order valence-electron chi connectivity index (χ4n) is 2.68. The van der Waals surface area contributed by atoms with Crippen LogP contribution in [0.2, 0.25) is 0 Å². The average Bonchev–Trinajstić information content (AvgIpc) is 3.14. The Morgan fingerprint density at radius 2 is 1.61 bits per heavy atom. The Kier molecular flexibility index (Phi) is 5.10. The quantitative estimate of drug-likeness (QED) is 0.398. The summed E-state index contributed by atoms with van der Waals surface area (Å²) in [4.78, 5) is 27.6. The number of furan rings is 1. The second-order valence-corrected chi connectivity index (χ2v) is 7.33. The van der Waals surface area contributed by atoms with Gasteiger partial charge in [0.2, 0.25) is 0 Å². The van der Waals surface area contributed by atoms with Crippen LogP contribution in [0.3, 0.4) is 0 Å². The first-order chi connectivity index (χ1) is 13.6. The van der Waals surface area contributed by atoms with Crippen molar-refractivity contribution in [1.29, 1.82) is 0 Å². The third-order valence-electron chi connectivity index (χ3n) is 3.97. The standard InChI is InChI=1S/C21H14N2O3S2/c24-19-17(20(25)23(21(27)22-19)14-7-3-1-4-8-14)13-15-11-12-18(26-15)28-16-9-5-2-6-10-16/h1-13H,(H,22,24,27)/b17-13+. The predicted molar refractivity (Wildman–Crippen MR) is 112 cm³/mol. The van der Waals surface area contributed by atoms with Crippen LogP contribution in [0.15, 0.2) is 92.8 Å². The highest BCUT2D eigenvalue weighted by molar-refractivity contribution is 7.99. The Hall–Kier alpha value is -3.16. The van der Waals surface area contributed by atoms with Gasteiger partial charge in [0.05, 0.1) is 5.69 Å². The second kappa shape index (κ2) is 7.84. The Balaban J connectivity index is 1.60. The molecule has 0 unspecified atom stereocenters. The summed E-state index contributed by atoms with van der Waals surface area (Å²) in [5.74, 6) is -0.623. The molecule has 1 aromatic heterocycles. The topological polar surface area (TPSA) is 62.6 Å². The predicted octanol–water partition coefficient (Wildman–Crippen LogP) is 4.26. The van der Waals surface area contributed by atoms with E-state index >= 15 is 0 Å². The van der Waals surface area contributed by atoms with E-state index in [1.165, 1.54) is 22.7 Å². The van der Waals surface area contributed by atoms with Crippen LogP contribution in [0.4, 0.5) is 5.69 Å². The molecule has 4 rings (SSSR count). The van der Waals surface area contributed by atoms with Gasteiger partial charge in [-0.25, -0.2) is 0 Å². The lowest BCUT2D eigenvalue weighted by atomic mass is 10.1. The average molecular weight is 406 g/mol. The van der Waals surface area contributed by atoms with E-state index in [1.807, 2.05) is 36.4 Å². The van der Waals surface area contributed by atoms with E-state index < -0.39 is 11.8 Å². The number of thiocarbonyl (C=S) groups is 1. The first-order valence-electron chi connectivity index (χ1n) is 8.41. The van der Waals surface area contributed by atoms with Gasteiger partial charge in [-0.3, -0.25) is 19.8 Å². The lowest BCUT2D eigenvalue weighted by Gasteiger charge is -2.28. The van der Waals surface area contributed by atoms with Gasteiger partial charge in [-0.1, -0.05) is 48.2 Å². The molecule has 0 spiro atoms. The summed E-state index contributed by atoms with van der Waals surface area (Å²) >= 11 is 6.63. The number of nitrogens with one attached hydrogen (secondary N) is 1. The van der Waals surface area contributed by atoms with Gasteiger partial charge in [0, 0.05) is 4.90 Å². The fourth-order valence-corrected chi connectivity index (χ4v) is 3.76. The maximum Gasteiger partial charge on any atom is 0.270 e. The van der Waals surface area contributed by atoms with Crippen LogP contribution in [0, 0.1) is 0 Å². The number of hydrogen-bond acceptors (Lipinski definition) is 5. The zero-order valence-corrected chi connectivity index (χ0v) is 16.1. The number of para-hydroxylation sites is 1. The van der Waals surface area contributed by atoms with Crippen molar-refractivity contribution in [3.63, 3.8) is 0 Å². The van der Waals surface area contributed by atoms with Crippen LogP contribution in [-0.2, 0) is 9.59 Å². The molecule has 0 aliphatic carbocycles. The van der Waals surface area contributed by atoms with Crippen LogP contribution >= 0.6 is 24.0 Å². The van der Waals surface area contributed by atoms with E-state index in [2.05, 4.69) is 5.32 Å². The summed E-state index contributed by atoms with van der Waals surface area (Å²) in [5.41, 5.74) is 0.547. The van der Waals surface area contributed by atoms with Crippen LogP contribution < -0.4 is 10.2 Å². The largest absolute Gasteiger partial charge is 0.450 e. The molecule has 3 aromatic rings. The van der Waals surface area contributed by atoms with Crippen LogP contribution in [-0.4, -0.2) is 16.9 Å². The van der Waals surface area contributed by atoms with Gasteiger partial charge in [-0.2, -0.15) is 0 Å². The number of amides is 2. The molecule has 1 saturated heterocycles. The molecule has 2 amide bonds. The van der Waals surface area contributed by atoms with Gasteiger partial charge in [0.15, 0.2) is 10.2 Å². The highest BCUT2D eigenvalue weighted by Gasteiger charge is 2.34. The van der Waals surface area contributed by atoms with Crippen LogP contribution in [0.5, 0.6) is 0 Å². The van der Waals surface area contributed by atoms with Gasteiger partial charge in [0.25, 0.3) is 11.8 Å². The maximum atomic E-state index is 12.9. The van der Waals surface area contributed by atoms with Gasteiger partial charge in [0.1, 0.15) is 11.3 Å². The number of benzene rings is 2. The normalized spacial score (nSPS) is 15.8. The van der Waals surface area contributed by atoms with E-state index in [0.717, 1.165) is 4.90 Å². The number of rotatable bonds is 4. The van der Waals surface area contributed by atoms with Crippen LogP contribution in [0.1, 0.15) is 5.76 Å². The van der Waals surface area contributed by atoms with Crippen molar-refractivity contribution in [3.8, 4) is 0 Å². The number of nitrogens with zero attached hydrogens (tertiary/aromatic N) is 1. The monoisotopic (exact) mass is 406 g/mol. The minimum atomic E-state index is -0.546. The number of hydrogen-bond donors (Lipinski definition) is 1. The molecule has 0 radical (unpaired) electrons. The molecule has 2 heterocycles. The first-order valence-corrected chi connectivity index (χ1v) is 9.63. The van der Waals surface area contributed by atoms with Crippen molar-refractivity contribution in [2.45, 2.75) is 9.99 Å².